The molecule has 0 fully saturated rings. The first-order chi connectivity index (χ1) is 12.2. The molecule has 0 saturated heterocycles. The van der Waals surface area contributed by atoms with Gasteiger partial charge in [0.25, 0.3) is 0 Å². The Morgan fingerprint density at radius 3 is 2.27 bits per heavy atom. The van der Waals surface area contributed by atoms with Crippen molar-refractivity contribution in [2.75, 3.05) is 18.1 Å². The minimum absolute atomic E-state index is 0.102. The summed E-state index contributed by atoms with van der Waals surface area (Å²) in [6.45, 7) is 1.88. The number of anilines is 1. The summed E-state index contributed by atoms with van der Waals surface area (Å²) in [5.74, 6) is -2.45. The molecule has 1 N–H and O–H groups in total. The van der Waals surface area contributed by atoms with Gasteiger partial charge in [-0.3, -0.25) is 4.79 Å². The van der Waals surface area contributed by atoms with E-state index >= 15 is 0 Å². The average Bonchev–Trinajstić information content (AvgIpc) is 2.55. The fourth-order valence-electron chi connectivity index (χ4n) is 2.39. The number of amides is 1. The fraction of sp³-hybridized carbons (Fsp3) is 0.278. The van der Waals surface area contributed by atoms with E-state index in [0.717, 1.165) is 33.8 Å². The summed E-state index contributed by atoms with van der Waals surface area (Å²) < 4.78 is 52.3. The van der Waals surface area contributed by atoms with Gasteiger partial charge >= 0.3 is 0 Å². The normalized spacial score (nSPS) is 11.6. The van der Waals surface area contributed by atoms with Crippen LogP contribution in [-0.2, 0) is 21.4 Å². The summed E-state index contributed by atoms with van der Waals surface area (Å²) in [4.78, 5) is 12.0. The van der Waals surface area contributed by atoms with Crippen molar-refractivity contribution < 1.29 is 22.0 Å². The highest BCUT2D eigenvalue weighted by Gasteiger charge is 2.20. The highest BCUT2D eigenvalue weighted by molar-refractivity contribution is 7.88. The molecular weight excluding hydrogens is 362 g/mol. The Bertz CT molecular complexity index is 881. The largest absolute Gasteiger partial charge is 0.321 e. The van der Waals surface area contributed by atoms with E-state index in [9.17, 15) is 22.0 Å². The van der Waals surface area contributed by atoms with Gasteiger partial charge in [0, 0.05) is 19.5 Å². The van der Waals surface area contributed by atoms with E-state index in [2.05, 4.69) is 5.32 Å². The summed E-state index contributed by atoms with van der Waals surface area (Å²) in [6.07, 6.45) is 0.826. The van der Waals surface area contributed by atoms with Crippen LogP contribution in [0.25, 0.3) is 0 Å². The molecule has 0 radical (unpaired) electrons. The number of sulfonamides is 1. The Morgan fingerprint density at radius 2 is 1.69 bits per heavy atom. The lowest BCUT2D eigenvalue weighted by Gasteiger charge is -2.21. The van der Waals surface area contributed by atoms with Gasteiger partial charge in [0.05, 0.1) is 6.26 Å². The Hall–Kier alpha value is -2.32. The van der Waals surface area contributed by atoms with Gasteiger partial charge in [0.1, 0.15) is 17.3 Å². The smallest absolute Gasteiger partial charge is 0.225 e. The molecule has 0 aliphatic carbocycles. The molecule has 140 valence electrons. The quantitative estimate of drug-likeness (QED) is 0.800. The number of hydrogen-bond acceptors (Lipinski definition) is 3. The molecule has 26 heavy (non-hydrogen) atoms. The first-order valence-electron chi connectivity index (χ1n) is 7.92. The topological polar surface area (TPSA) is 66.5 Å². The van der Waals surface area contributed by atoms with E-state index in [1.165, 1.54) is 6.07 Å². The van der Waals surface area contributed by atoms with Crippen molar-refractivity contribution in [3.8, 4) is 0 Å². The lowest BCUT2D eigenvalue weighted by Crippen LogP contribution is -2.33. The second kappa shape index (κ2) is 8.37. The van der Waals surface area contributed by atoms with Gasteiger partial charge in [-0.2, -0.15) is 4.31 Å². The fourth-order valence-corrected chi connectivity index (χ4v) is 3.18. The third kappa shape index (κ3) is 5.34. The summed E-state index contributed by atoms with van der Waals surface area (Å²) in [5.41, 5.74) is 1.21. The molecule has 0 aliphatic heterocycles. The molecule has 0 saturated carbocycles. The number of hydrogen-bond donors (Lipinski definition) is 1. The third-order valence-corrected chi connectivity index (χ3v) is 5.14. The van der Waals surface area contributed by atoms with E-state index in [0.29, 0.717) is 0 Å². The van der Waals surface area contributed by atoms with E-state index in [1.807, 2.05) is 25.1 Å². The molecule has 0 unspecified atom stereocenters. The molecule has 0 atom stereocenters. The SMILES string of the molecule is Cc1ccccc1CN(CCC(=O)Nc1c(F)cccc1F)S(C)(=O)=O. The van der Waals surface area contributed by atoms with Crippen LogP contribution < -0.4 is 5.32 Å². The van der Waals surface area contributed by atoms with Crippen molar-refractivity contribution in [3.05, 3.63) is 65.2 Å². The Labute approximate surface area is 151 Å². The molecule has 0 heterocycles. The number of halogens is 2. The average molecular weight is 382 g/mol. The standard InChI is InChI=1S/C18H20F2N2O3S/c1-13-6-3-4-7-14(13)12-22(26(2,24)25)11-10-17(23)21-18-15(19)8-5-9-16(18)20/h3-9H,10-12H2,1-2H3,(H,21,23). The van der Waals surface area contributed by atoms with Crippen molar-refractivity contribution in [2.24, 2.45) is 0 Å². The van der Waals surface area contributed by atoms with E-state index in [1.54, 1.807) is 6.07 Å². The van der Waals surface area contributed by atoms with Crippen molar-refractivity contribution in [3.63, 3.8) is 0 Å². The minimum atomic E-state index is -3.56. The van der Waals surface area contributed by atoms with E-state index in [4.69, 9.17) is 0 Å². The van der Waals surface area contributed by atoms with Gasteiger partial charge in [-0.15, -0.1) is 0 Å². The second-order valence-corrected chi connectivity index (χ2v) is 7.90. The van der Waals surface area contributed by atoms with Crippen LogP contribution in [0.15, 0.2) is 42.5 Å². The zero-order valence-corrected chi connectivity index (χ0v) is 15.3. The maximum absolute atomic E-state index is 13.6. The predicted molar refractivity (Wildman–Crippen MR) is 96.0 cm³/mol. The summed E-state index contributed by atoms with van der Waals surface area (Å²) in [5, 5.41) is 2.15. The number of nitrogens with zero attached hydrogens (tertiary/aromatic N) is 1. The van der Waals surface area contributed by atoms with E-state index < -0.39 is 33.3 Å². The number of benzene rings is 2. The highest BCUT2D eigenvalue weighted by atomic mass is 32.2. The van der Waals surface area contributed by atoms with Crippen molar-refractivity contribution in [1.82, 2.24) is 4.31 Å². The van der Waals surface area contributed by atoms with Gasteiger partial charge in [-0.25, -0.2) is 17.2 Å². The number of carbonyl (C=O) groups excluding carboxylic acids is 1. The predicted octanol–water partition coefficient (Wildman–Crippen LogP) is 3.06. The van der Waals surface area contributed by atoms with Crippen LogP contribution in [0, 0.1) is 18.6 Å². The molecule has 1 amide bonds. The Balaban J connectivity index is 2.06. The summed E-state index contributed by atoms with van der Waals surface area (Å²) in [6, 6.07) is 10.6. The maximum atomic E-state index is 13.6. The van der Waals surface area contributed by atoms with Crippen LogP contribution in [-0.4, -0.2) is 31.4 Å². The van der Waals surface area contributed by atoms with Crippen LogP contribution in [0.3, 0.4) is 0 Å². The first-order valence-corrected chi connectivity index (χ1v) is 9.77. The molecule has 0 aromatic heterocycles. The molecule has 0 aliphatic rings. The van der Waals surface area contributed by atoms with Gasteiger partial charge in [-0.1, -0.05) is 30.3 Å². The summed E-state index contributed by atoms with van der Waals surface area (Å²) >= 11 is 0. The van der Waals surface area contributed by atoms with Crippen LogP contribution >= 0.6 is 0 Å². The monoisotopic (exact) mass is 382 g/mol. The molecule has 2 aromatic rings. The molecule has 2 rings (SSSR count). The van der Waals surface area contributed by atoms with Crippen LogP contribution in [0.4, 0.5) is 14.5 Å². The number of aryl methyl sites for hydroxylation is 1. The van der Waals surface area contributed by atoms with Crippen LogP contribution in [0.1, 0.15) is 17.5 Å². The van der Waals surface area contributed by atoms with Crippen LogP contribution in [0.2, 0.25) is 0 Å². The van der Waals surface area contributed by atoms with E-state index in [-0.39, 0.29) is 19.5 Å². The molecule has 8 heteroatoms. The van der Waals surface area contributed by atoms with Crippen molar-refractivity contribution >= 4 is 21.6 Å². The second-order valence-electron chi connectivity index (χ2n) is 5.92. The number of nitrogens with one attached hydrogen (secondary N) is 1. The summed E-state index contributed by atoms with van der Waals surface area (Å²) in [7, 11) is -3.56. The lowest BCUT2D eigenvalue weighted by atomic mass is 10.1. The zero-order valence-electron chi connectivity index (χ0n) is 14.5. The van der Waals surface area contributed by atoms with Gasteiger partial charge in [0.2, 0.25) is 15.9 Å². The molecule has 0 bridgehead atoms. The van der Waals surface area contributed by atoms with Gasteiger partial charge in [-0.05, 0) is 30.2 Å². The zero-order chi connectivity index (χ0) is 19.3. The van der Waals surface area contributed by atoms with Crippen molar-refractivity contribution in [2.45, 2.75) is 19.9 Å². The Morgan fingerprint density at radius 1 is 1.08 bits per heavy atom. The molecular formula is C18H20F2N2O3S. The minimum Gasteiger partial charge on any atom is -0.321 e. The maximum Gasteiger partial charge on any atom is 0.225 e. The number of para-hydroxylation sites is 1. The third-order valence-electron chi connectivity index (χ3n) is 3.89. The molecule has 0 spiro atoms. The van der Waals surface area contributed by atoms with Crippen LogP contribution in [0.5, 0.6) is 0 Å². The van der Waals surface area contributed by atoms with Gasteiger partial charge in [0.15, 0.2) is 0 Å². The molecule has 2 aromatic carbocycles. The molecule has 5 nitrogen and oxygen atoms in total. The number of rotatable bonds is 7. The Kier molecular flexibility index (Phi) is 6.44. The number of carbonyl (C=O) groups is 1. The van der Waals surface area contributed by atoms with Crippen molar-refractivity contribution in [1.29, 1.82) is 0 Å². The lowest BCUT2D eigenvalue weighted by molar-refractivity contribution is -0.116. The first kappa shape index (κ1) is 20.0. The van der Waals surface area contributed by atoms with Gasteiger partial charge < -0.3 is 5.32 Å². The highest BCUT2D eigenvalue weighted by Crippen LogP contribution is 2.18.